The normalized spacial score (nSPS) is 19.3. The first-order valence-electron chi connectivity index (χ1n) is 9.99. The molecule has 2 heterocycles. The number of likely N-dealkylation sites (tertiary alicyclic amines) is 1. The molecule has 0 bridgehead atoms. The molecule has 5 heteroatoms. The summed E-state index contributed by atoms with van der Waals surface area (Å²) in [4.78, 5) is 32.6. The zero-order chi connectivity index (χ0) is 20.7. The summed E-state index contributed by atoms with van der Waals surface area (Å²) < 4.78 is 0. The predicted molar refractivity (Wildman–Crippen MR) is 117 cm³/mol. The Hall–Kier alpha value is -2.92. The van der Waals surface area contributed by atoms with E-state index in [2.05, 4.69) is 55.2 Å². The number of aromatic amines is 1. The second-order valence-electron chi connectivity index (χ2n) is 8.35. The number of fused-ring (bicyclic) bond motifs is 1. The molecular formula is C24H27N3O2. The molecule has 0 radical (unpaired) electrons. The van der Waals surface area contributed by atoms with Crippen molar-refractivity contribution in [2.45, 2.75) is 25.8 Å². The molecule has 2 unspecified atom stereocenters. The molecule has 0 spiro atoms. The lowest BCUT2D eigenvalue weighted by molar-refractivity contribution is 0.0784. The third-order valence-electron chi connectivity index (χ3n) is 5.97. The molecule has 1 fully saturated rings. The summed E-state index contributed by atoms with van der Waals surface area (Å²) in [7, 11) is 4.12. The summed E-state index contributed by atoms with van der Waals surface area (Å²) >= 11 is 0. The minimum absolute atomic E-state index is 0.0758. The Morgan fingerprint density at radius 2 is 1.69 bits per heavy atom. The maximum absolute atomic E-state index is 13.5. The molecule has 3 aromatic rings. The number of nitrogens with zero attached hydrogens (tertiary/aromatic N) is 2. The number of pyridine rings is 1. The highest BCUT2D eigenvalue weighted by Gasteiger charge is 2.38. The van der Waals surface area contributed by atoms with Crippen LogP contribution >= 0.6 is 0 Å². The zero-order valence-corrected chi connectivity index (χ0v) is 17.4. The van der Waals surface area contributed by atoms with Gasteiger partial charge in [-0.05, 0) is 45.6 Å². The number of carbonyl (C=O) groups excluding carboxylic acids is 1. The molecule has 1 aliphatic heterocycles. The second-order valence-corrected chi connectivity index (χ2v) is 8.35. The molecule has 2 atom stereocenters. The van der Waals surface area contributed by atoms with Gasteiger partial charge in [0.2, 0.25) is 5.56 Å². The summed E-state index contributed by atoms with van der Waals surface area (Å²) in [6.45, 7) is 5.36. The van der Waals surface area contributed by atoms with Gasteiger partial charge < -0.3 is 14.8 Å². The molecule has 1 aromatic heterocycles. The van der Waals surface area contributed by atoms with Crippen LogP contribution in [0.2, 0.25) is 0 Å². The quantitative estimate of drug-likeness (QED) is 0.748. The molecule has 1 aliphatic rings. The monoisotopic (exact) mass is 389 g/mol. The number of likely N-dealkylation sites (N-methyl/N-ethyl adjacent to an activating group) is 1. The highest BCUT2D eigenvalue weighted by molar-refractivity contribution is 6.06. The van der Waals surface area contributed by atoms with Crippen LogP contribution in [0.25, 0.3) is 10.9 Å². The van der Waals surface area contributed by atoms with Crippen LogP contribution < -0.4 is 5.56 Å². The van der Waals surface area contributed by atoms with Gasteiger partial charge in [0.25, 0.3) is 5.91 Å². The topological polar surface area (TPSA) is 56.4 Å². The molecular weight excluding hydrogens is 362 g/mol. The molecule has 0 saturated carbocycles. The van der Waals surface area contributed by atoms with Gasteiger partial charge in [-0.2, -0.15) is 0 Å². The van der Waals surface area contributed by atoms with Gasteiger partial charge >= 0.3 is 0 Å². The van der Waals surface area contributed by atoms with Crippen molar-refractivity contribution in [2.24, 2.45) is 0 Å². The van der Waals surface area contributed by atoms with Crippen molar-refractivity contribution in [3.05, 3.63) is 81.1 Å². The van der Waals surface area contributed by atoms with E-state index in [1.807, 2.05) is 30.0 Å². The summed E-state index contributed by atoms with van der Waals surface area (Å²) in [6, 6.07) is 16.0. The van der Waals surface area contributed by atoms with Gasteiger partial charge in [-0.3, -0.25) is 9.59 Å². The lowest BCUT2D eigenvalue weighted by Crippen LogP contribution is -2.36. The first kappa shape index (κ1) is 19.4. The van der Waals surface area contributed by atoms with Crippen molar-refractivity contribution in [1.29, 1.82) is 0 Å². The molecule has 1 saturated heterocycles. The van der Waals surface area contributed by atoms with Crippen LogP contribution in [-0.2, 0) is 0 Å². The fraction of sp³-hybridized carbons (Fsp3) is 0.333. The van der Waals surface area contributed by atoms with Crippen molar-refractivity contribution in [3.63, 3.8) is 0 Å². The van der Waals surface area contributed by atoms with Crippen molar-refractivity contribution < 1.29 is 4.79 Å². The van der Waals surface area contributed by atoms with Gasteiger partial charge in [0, 0.05) is 42.0 Å². The summed E-state index contributed by atoms with van der Waals surface area (Å²) in [5.74, 6) is 0.165. The number of amides is 1. The molecule has 0 aliphatic carbocycles. The summed E-state index contributed by atoms with van der Waals surface area (Å²) in [5, 5.41) is 0.801. The maximum Gasteiger partial charge on any atom is 0.254 e. The number of hydrogen-bond acceptors (Lipinski definition) is 3. The number of aryl methyl sites for hydroxylation is 2. The van der Waals surface area contributed by atoms with Gasteiger partial charge in [-0.25, -0.2) is 0 Å². The lowest BCUT2D eigenvalue weighted by atomic mass is 9.93. The smallest absolute Gasteiger partial charge is 0.254 e. The van der Waals surface area contributed by atoms with Crippen LogP contribution in [0, 0.1) is 13.8 Å². The Morgan fingerprint density at radius 1 is 1.00 bits per heavy atom. The Bertz CT molecular complexity index is 1120. The summed E-state index contributed by atoms with van der Waals surface area (Å²) in [5.41, 5.74) is 4.47. The van der Waals surface area contributed by atoms with E-state index in [-0.39, 0.29) is 23.4 Å². The van der Waals surface area contributed by atoms with Gasteiger partial charge in [0.05, 0.1) is 5.56 Å². The lowest BCUT2D eigenvalue weighted by Gasteiger charge is -2.25. The van der Waals surface area contributed by atoms with E-state index in [1.54, 1.807) is 0 Å². The van der Waals surface area contributed by atoms with Gasteiger partial charge in [0.1, 0.15) is 0 Å². The minimum atomic E-state index is -0.247. The first-order chi connectivity index (χ1) is 13.8. The number of aromatic nitrogens is 1. The number of benzene rings is 2. The average Bonchev–Trinajstić information content (AvgIpc) is 3.13. The van der Waals surface area contributed by atoms with Crippen LogP contribution in [0.5, 0.6) is 0 Å². The molecule has 150 valence electrons. The number of hydrogen-bond donors (Lipinski definition) is 1. The Kier molecular flexibility index (Phi) is 5.01. The molecule has 1 amide bonds. The molecule has 2 aromatic carbocycles. The van der Waals surface area contributed by atoms with Crippen LogP contribution in [-0.4, -0.2) is 53.9 Å². The average molecular weight is 389 g/mol. The van der Waals surface area contributed by atoms with Crippen molar-refractivity contribution in [2.75, 3.05) is 27.2 Å². The fourth-order valence-electron chi connectivity index (χ4n) is 4.33. The van der Waals surface area contributed by atoms with Crippen LogP contribution in [0.1, 0.15) is 33.0 Å². The highest BCUT2D eigenvalue weighted by atomic mass is 16.2. The molecule has 5 nitrogen and oxygen atoms in total. The largest absolute Gasteiger partial charge is 0.336 e. The van der Waals surface area contributed by atoms with Crippen LogP contribution in [0.4, 0.5) is 0 Å². The van der Waals surface area contributed by atoms with Crippen molar-refractivity contribution in [3.8, 4) is 0 Å². The zero-order valence-electron chi connectivity index (χ0n) is 17.4. The second kappa shape index (κ2) is 7.48. The highest BCUT2D eigenvalue weighted by Crippen LogP contribution is 2.32. The molecule has 4 rings (SSSR count). The maximum atomic E-state index is 13.5. The van der Waals surface area contributed by atoms with Gasteiger partial charge in [0.15, 0.2) is 0 Å². The van der Waals surface area contributed by atoms with Crippen molar-refractivity contribution >= 4 is 16.8 Å². The first-order valence-corrected chi connectivity index (χ1v) is 9.99. The Balaban J connectivity index is 1.71. The molecule has 1 N–H and O–H groups in total. The Morgan fingerprint density at radius 3 is 2.38 bits per heavy atom. The van der Waals surface area contributed by atoms with E-state index in [9.17, 15) is 9.59 Å². The number of carbonyl (C=O) groups is 1. The summed E-state index contributed by atoms with van der Waals surface area (Å²) in [6.07, 6.45) is 0. The predicted octanol–water partition coefficient (Wildman–Crippen LogP) is 3.31. The Labute approximate surface area is 171 Å². The SMILES string of the molecule is Cc1ccc(C2CN(C(=O)c3cc(=O)[nH]c4ccc(C)cc34)CC2N(C)C)cc1. The van der Waals surface area contributed by atoms with E-state index < -0.39 is 0 Å². The minimum Gasteiger partial charge on any atom is -0.336 e. The van der Waals surface area contributed by atoms with Crippen LogP contribution in [0.3, 0.4) is 0 Å². The molecule has 29 heavy (non-hydrogen) atoms. The van der Waals surface area contributed by atoms with E-state index in [1.165, 1.54) is 17.2 Å². The third-order valence-corrected chi connectivity index (χ3v) is 5.97. The number of nitrogens with one attached hydrogen (secondary N) is 1. The van der Waals surface area contributed by atoms with Crippen LogP contribution in [0.15, 0.2) is 53.3 Å². The fourth-order valence-corrected chi connectivity index (χ4v) is 4.33. The van der Waals surface area contributed by atoms with E-state index in [4.69, 9.17) is 0 Å². The number of rotatable bonds is 3. The number of H-pyrrole nitrogens is 1. The van der Waals surface area contributed by atoms with Gasteiger partial charge in [-0.15, -0.1) is 0 Å². The van der Waals surface area contributed by atoms with E-state index >= 15 is 0 Å². The van der Waals surface area contributed by atoms with E-state index in [0.29, 0.717) is 24.2 Å². The van der Waals surface area contributed by atoms with Crippen molar-refractivity contribution in [1.82, 2.24) is 14.8 Å². The third kappa shape index (κ3) is 3.70. The van der Waals surface area contributed by atoms with Gasteiger partial charge in [-0.1, -0.05) is 41.5 Å². The van der Waals surface area contributed by atoms with E-state index in [0.717, 1.165) is 10.9 Å². The standard InChI is InChI=1S/C24H27N3O2/c1-15-5-8-17(9-6-15)20-13-27(14-22(20)26(3)4)24(29)19-12-23(28)25-21-10-7-16(2)11-18(19)21/h5-12,20,22H,13-14H2,1-4H3,(H,25,28).